The van der Waals surface area contributed by atoms with Gasteiger partial charge in [-0.1, -0.05) is 18.9 Å². The average molecular weight is 371 g/mol. The van der Waals surface area contributed by atoms with Crippen LogP contribution in [0.25, 0.3) is 0 Å². The Kier molecular flexibility index (Phi) is 6.59. The summed E-state index contributed by atoms with van der Waals surface area (Å²) in [6, 6.07) is 6.17. The molecule has 3 rings (SSSR count). The van der Waals surface area contributed by atoms with Gasteiger partial charge in [-0.25, -0.2) is 0 Å². The first kappa shape index (κ1) is 19.1. The number of rotatable bonds is 8. The van der Waals surface area contributed by atoms with Gasteiger partial charge < -0.3 is 19.4 Å². The lowest BCUT2D eigenvalue weighted by Crippen LogP contribution is -2.47. The van der Waals surface area contributed by atoms with Crippen molar-refractivity contribution in [2.24, 2.45) is 0 Å². The maximum absolute atomic E-state index is 13.2. The molecule has 0 saturated heterocycles. The number of carbonyl (C=O) groups excluding carboxylic acids is 2. The maximum Gasteiger partial charge on any atom is 0.290 e. The molecule has 0 unspecified atom stereocenters. The lowest BCUT2D eigenvalue weighted by Gasteiger charge is -2.31. The quantitative estimate of drug-likeness (QED) is 0.771. The number of pyridine rings is 1. The van der Waals surface area contributed by atoms with E-state index in [2.05, 4.69) is 10.3 Å². The minimum Gasteiger partial charge on any atom is -0.459 e. The van der Waals surface area contributed by atoms with Crippen LogP contribution in [0.5, 0.6) is 0 Å². The van der Waals surface area contributed by atoms with E-state index in [-0.39, 0.29) is 30.2 Å². The zero-order valence-corrected chi connectivity index (χ0v) is 15.5. The molecular weight excluding hydrogens is 346 g/mol. The Morgan fingerprint density at radius 2 is 2.15 bits per heavy atom. The highest BCUT2D eigenvalue weighted by atomic mass is 16.5. The first-order chi connectivity index (χ1) is 13.2. The van der Waals surface area contributed by atoms with Gasteiger partial charge in [0.25, 0.3) is 5.91 Å². The van der Waals surface area contributed by atoms with Gasteiger partial charge in [-0.05, 0) is 31.0 Å². The van der Waals surface area contributed by atoms with Crippen LogP contribution in [0, 0.1) is 0 Å². The minimum atomic E-state index is -0.799. The molecule has 144 valence electrons. The van der Waals surface area contributed by atoms with Crippen LogP contribution in [0.2, 0.25) is 0 Å². The second-order valence-corrected chi connectivity index (χ2v) is 6.65. The smallest absolute Gasteiger partial charge is 0.290 e. The number of hydrogen-bond donors (Lipinski definition) is 1. The fourth-order valence-electron chi connectivity index (χ4n) is 3.44. The third-order valence-electron chi connectivity index (χ3n) is 4.79. The summed E-state index contributed by atoms with van der Waals surface area (Å²) >= 11 is 0. The van der Waals surface area contributed by atoms with E-state index < -0.39 is 6.04 Å². The fourth-order valence-corrected chi connectivity index (χ4v) is 3.44. The number of aromatic nitrogens is 1. The largest absolute Gasteiger partial charge is 0.459 e. The lowest BCUT2D eigenvalue weighted by molar-refractivity contribution is -0.126. The van der Waals surface area contributed by atoms with E-state index in [1.165, 1.54) is 11.2 Å². The Morgan fingerprint density at radius 3 is 2.78 bits per heavy atom. The van der Waals surface area contributed by atoms with Crippen LogP contribution in [-0.4, -0.2) is 48.0 Å². The Morgan fingerprint density at radius 1 is 1.33 bits per heavy atom. The summed E-state index contributed by atoms with van der Waals surface area (Å²) in [5, 5.41) is 3.10. The van der Waals surface area contributed by atoms with E-state index in [1.807, 2.05) is 0 Å². The highest BCUT2D eigenvalue weighted by Crippen LogP contribution is 2.25. The van der Waals surface area contributed by atoms with Crippen molar-refractivity contribution in [2.75, 3.05) is 20.3 Å². The number of ether oxygens (including phenoxy) is 1. The van der Waals surface area contributed by atoms with E-state index in [1.54, 1.807) is 43.8 Å². The van der Waals surface area contributed by atoms with E-state index in [4.69, 9.17) is 9.15 Å². The standard InChI is InChI=1S/C20H25N3O4/c1-26-13-11-23(20(25)17-9-5-12-27-17)18(15-6-4-10-21-14-15)19(24)22-16-7-2-3-8-16/h4-6,9-10,12,14,16,18H,2-3,7-8,11,13H2,1H3,(H,22,24)/t18-/m0/s1. The van der Waals surface area contributed by atoms with Crippen LogP contribution in [0.4, 0.5) is 0 Å². The molecule has 7 nitrogen and oxygen atoms in total. The molecule has 1 N–H and O–H groups in total. The molecule has 1 atom stereocenters. The number of amides is 2. The second kappa shape index (κ2) is 9.32. The number of nitrogens with zero attached hydrogens (tertiary/aromatic N) is 2. The summed E-state index contributed by atoms with van der Waals surface area (Å²) in [4.78, 5) is 31.8. The summed E-state index contributed by atoms with van der Waals surface area (Å²) in [6.45, 7) is 0.563. The van der Waals surface area contributed by atoms with Crippen molar-refractivity contribution in [3.05, 3.63) is 54.2 Å². The molecule has 0 aliphatic heterocycles. The van der Waals surface area contributed by atoms with Crippen molar-refractivity contribution in [3.8, 4) is 0 Å². The van der Waals surface area contributed by atoms with Gasteiger partial charge in [-0.2, -0.15) is 0 Å². The summed E-state index contributed by atoms with van der Waals surface area (Å²) in [5.41, 5.74) is 0.656. The Bertz CT molecular complexity index is 727. The van der Waals surface area contributed by atoms with Gasteiger partial charge in [0.1, 0.15) is 6.04 Å². The average Bonchev–Trinajstić information content (AvgIpc) is 3.39. The number of methoxy groups -OCH3 is 1. The molecule has 0 aromatic carbocycles. The third kappa shape index (κ3) is 4.74. The topological polar surface area (TPSA) is 84.7 Å². The Balaban J connectivity index is 1.91. The molecule has 2 heterocycles. The fraction of sp³-hybridized carbons (Fsp3) is 0.450. The normalized spacial score (nSPS) is 15.4. The molecular formula is C20H25N3O4. The van der Waals surface area contributed by atoms with Crippen molar-refractivity contribution in [1.29, 1.82) is 0 Å². The van der Waals surface area contributed by atoms with Gasteiger partial charge in [0, 0.05) is 37.7 Å². The number of nitrogens with one attached hydrogen (secondary N) is 1. The SMILES string of the molecule is COCCN(C(=O)c1ccco1)[C@H](C(=O)NC1CCCC1)c1cccnc1. The van der Waals surface area contributed by atoms with Gasteiger partial charge in [-0.3, -0.25) is 14.6 Å². The van der Waals surface area contributed by atoms with E-state index in [9.17, 15) is 9.59 Å². The van der Waals surface area contributed by atoms with Crippen LogP contribution < -0.4 is 5.32 Å². The molecule has 27 heavy (non-hydrogen) atoms. The molecule has 7 heteroatoms. The molecule has 0 bridgehead atoms. The van der Waals surface area contributed by atoms with Crippen LogP contribution in [0.3, 0.4) is 0 Å². The summed E-state index contributed by atoms with van der Waals surface area (Å²) < 4.78 is 10.4. The number of hydrogen-bond acceptors (Lipinski definition) is 5. The van der Waals surface area contributed by atoms with Crippen molar-refractivity contribution >= 4 is 11.8 Å². The molecule has 1 fully saturated rings. The molecule has 1 aliphatic rings. The monoisotopic (exact) mass is 371 g/mol. The molecule has 2 aromatic heterocycles. The zero-order valence-electron chi connectivity index (χ0n) is 15.5. The summed E-state index contributed by atoms with van der Waals surface area (Å²) in [6.07, 6.45) is 8.87. The molecule has 0 spiro atoms. The highest BCUT2D eigenvalue weighted by molar-refractivity contribution is 5.96. The minimum absolute atomic E-state index is 0.152. The van der Waals surface area contributed by atoms with Gasteiger partial charge in [0.2, 0.25) is 5.91 Å². The summed E-state index contributed by atoms with van der Waals surface area (Å²) in [5.74, 6) is -0.368. The molecule has 0 radical (unpaired) electrons. The second-order valence-electron chi connectivity index (χ2n) is 6.65. The number of carbonyl (C=O) groups is 2. The predicted octanol–water partition coefficient (Wildman–Crippen LogP) is 2.56. The van der Waals surface area contributed by atoms with Crippen molar-refractivity contribution in [2.45, 2.75) is 37.8 Å². The first-order valence-corrected chi connectivity index (χ1v) is 9.24. The Labute approximate surface area is 158 Å². The van der Waals surface area contributed by atoms with E-state index in [0.717, 1.165) is 25.7 Å². The van der Waals surface area contributed by atoms with Gasteiger partial charge in [-0.15, -0.1) is 0 Å². The number of furan rings is 1. The van der Waals surface area contributed by atoms with Crippen molar-refractivity contribution < 1.29 is 18.7 Å². The molecule has 1 saturated carbocycles. The van der Waals surface area contributed by atoms with Gasteiger partial charge in [0.05, 0.1) is 12.9 Å². The Hall–Kier alpha value is -2.67. The highest BCUT2D eigenvalue weighted by Gasteiger charge is 2.34. The molecule has 2 aromatic rings. The summed E-state index contributed by atoms with van der Waals surface area (Å²) in [7, 11) is 1.56. The van der Waals surface area contributed by atoms with Gasteiger partial charge in [0.15, 0.2) is 5.76 Å². The van der Waals surface area contributed by atoms with Crippen LogP contribution in [-0.2, 0) is 9.53 Å². The van der Waals surface area contributed by atoms with E-state index >= 15 is 0 Å². The van der Waals surface area contributed by atoms with Crippen LogP contribution in [0.15, 0.2) is 47.3 Å². The van der Waals surface area contributed by atoms with Crippen molar-refractivity contribution in [3.63, 3.8) is 0 Å². The third-order valence-corrected chi connectivity index (χ3v) is 4.79. The van der Waals surface area contributed by atoms with Crippen LogP contribution in [0.1, 0.15) is 47.8 Å². The van der Waals surface area contributed by atoms with Crippen molar-refractivity contribution in [1.82, 2.24) is 15.2 Å². The molecule has 1 aliphatic carbocycles. The lowest BCUT2D eigenvalue weighted by atomic mass is 10.0. The van der Waals surface area contributed by atoms with Crippen LogP contribution >= 0.6 is 0 Å². The first-order valence-electron chi connectivity index (χ1n) is 9.24. The maximum atomic E-state index is 13.2. The predicted molar refractivity (Wildman–Crippen MR) is 99.0 cm³/mol. The van der Waals surface area contributed by atoms with Gasteiger partial charge >= 0.3 is 0 Å². The molecule has 2 amide bonds. The zero-order chi connectivity index (χ0) is 19.1. The van der Waals surface area contributed by atoms with E-state index in [0.29, 0.717) is 12.2 Å².